The molecule has 3 atom stereocenters. The van der Waals surface area contributed by atoms with Gasteiger partial charge >= 0.3 is 5.97 Å². The second-order valence-electron chi connectivity index (χ2n) is 7.18. The Bertz CT molecular complexity index is 554. The van der Waals surface area contributed by atoms with Crippen LogP contribution in [-0.4, -0.2) is 40.8 Å². The summed E-state index contributed by atoms with van der Waals surface area (Å²) in [4.78, 5) is 24.7. The molecule has 0 aliphatic carbocycles. The zero-order valence-corrected chi connectivity index (χ0v) is 15.5. The minimum Gasteiger partial charge on any atom is -0.458 e. The van der Waals surface area contributed by atoms with Crippen molar-refractivity contribution in [2.45, 2.75) is 70.7 Å². The number of carbonyl (C=O) groups excluding carboxylic acids is 2. The van der Waals surface area contributed by atoms with Crippen LogP contribution in [0.15, 0.2) is 30.3 Å². The van der Waals surface area contributed by atoms with E-state index in [0.29, 0.717) is 6.42 Å². The number of ether oxygens (including phenoxy) is 1. The van der Waals surface area contributed by atoms with E-state index in [9.17, 15) is 14.7 Å². The van der Waals surface area contributed by atoms with E-state index in [-0.39, 0.29) is 6.42 Å². The molecule has 1 aromatic rings. The van der Waals surface area contributed by atoms with Gasteiger partial charge in [-0.15, -0.1) is 0 Å². The number of hydrogen-bond donors (Lipinski definition) is 3. The normalized spacial score (nSPS) is 15.1. The van der Waals surface area contributed by atoms with Gasteiger partial charge in [0, 0.05) is 12.5 Å². The largest absolute Gasteiger partial charge is 0.458 e. The van der Waals surface area contributed by atoms with Crippen LogP contribution in [0.4, 0.5) is 0 Å². The van der Waals surface area contributed by atoms with Gasteiger partial charge in [0.15, 0.2) is 0 Å². The van der Waals surface area contributed by atoms with Crippen molar-refractivity contribution in [3.63, 3.8) is 0 Å². The Balaban J connectivity index is 2.86. The molecule has 0 heterocycles. The summed E-state index contributed by atoms with van der Waals surface area (Å²) in [6, 6.07) is 7.76. The number of nitrogens with two attached hydrogens (primary N) is 1. The summed E-state index contributed by atoms with van der Waals surface area (Å²) in [6.07, 6.45) is 0.188. The fourth-order valence-electron chi connectivity index (χ4n) is 2.36. The van der Waals surface area contributed by atoms with E-state index in [1.165, 1.54) is 0 Å². The monoisotopic (exact) mass is 350 g/mol. The molecule has 25 heavy (non-hydrogen) atoms. The molecule has 0 aromatic heterocycles. The average Bonchev–Trinajstić information content (AvgIpc) is 2.53. The number of rotatable bonds is 8. The minimum absolute atomic E-state index is 0.275. The van der Waals surface area contributed by atoms with Crippen LogP contribution in [0.5, 0.6) is 0 Å². The van der Waals surface area contributed by atoms with Gasteiger partial charge in [0.1, 0.15) is 17.7 Å². The summed E-state index contributed by atoms with van der Waals surface area (Å²) in [7, 11) is 0. The topological polar surface area (TPSA) is 102 Å². The molecule has 1 rings (SSSR count). The molecule has 0 spiro atoms. The van der Waals surface area contributed by atoms with Gasteiger partial charge < -0.3 is 20.9 Å². The van der Waals surface area contributed by atoms with Crippen LogP contribution in [0.2, 0.25) is 0 Å². The number of carbonyl (C=O) groups is 2. The highest BCUT2D eigenvalue weighted by Gasteiger charge is 2.30. The molecule has 0 bridgehead atoms. The summed E-state index contributed by atoms with van der Waals surface area (Å²) in [5, 5.41) is 12.6. The highest BCUT2D eigenvalue weighted by Crippen LogP contribution is 2.12. The Hall–Kier alpha value is -1.92. The third kappa shape index (κ3) is 7.67. The summed E-state index contributed by atoms with van der Waals surface area (Å²) >= 11 is 0. The van der Waals surface area contributed by atoms with Crippen LogP contribution in [-0.2, 0) is 20.7 Å². The summed E-state index contributed by atoms with van der Waals surface area (Å²) < 4.78 is 5.39. The van der Waals surface area contributed by atoms with E-state index in [0.717, 1.165) is 12.0 Å². The lowest BCUT2D eigenvalue weighted by molar-refractivity contribution is -0.159. The second-order valence-corrected chi connectivity index (χ2v) is 7.18. The highest BCUT2D eigenvalue weighted by atomic mass is 16.6. The molecule has 0 radical (unpaired) electrons. The van der Waals surface area contributed by atoms with Gasteiger partial charge in [-0.3, -0.25) is 4.79 Å². The highest BCUT2D eigenvalue weighted by molar-refractivity contribution is 5.87. The van der Waals surface area contributed by atoms with Gasteiger partial charge in [0.05, 0.1) is 0 Å². The fourth-order valence-corrected chi connectivity index (χ4v) is 2.36. The van der Waals surface area contributed by atoms with E-state index in [1.54, 1.807) is 20.8 Å². The molecule has 1 amide bonds. The number of aliphatic hydroxyl groups excluding tert-OH is 1. The van der Waals surface area contributed by atoms with Gasteiger partial charge in [0.2, 0.25) is 0 Å². The maximum Gasteiger partial charge on any atom is 0.329 e. The van der Waals surface area contributed by atoms with E-state index < -0.39 is 35.7 Å². The van der Waals surface area contributed by atoms with Crippen molar-refractivity contribution >= 4 is 11.9 Å². The lowest BCUT2D eigenvalue weighted by Gasteiger charge is -2.26. The van der Waals surface area contributed by atoms with E-state index in [1.807, 2.05) is 37.3 Å². The quantitative estimate of drug-likeness (QED) is 0.617. The summed E-state index contributed by atoms with van der Waals surface area (Å²) in [6.45, 7) is 7.21. The maximum absolute atomic E-state index is 12.5. The first-order valence-electron chi connectivity index (χ1n) is 8.65. The van der Waals surface area contributed by atoms with E-state index in [2.05, 4.69) is 5.32 Å². The zero-order chi connectivity index (χ0) is 19.0. The number of esters is 1. The Morgan fingerprint density at radius 1 is 1.24 bits per heavy atom. The molecule has 6 heteroatoms. The van der Waals surface area contributed by atoms with Crippen LogP contribution < -0.4 is 11.1 Å². The first-order chi connectivity index (χ1) is 11.6. The van der Waals surface area contributed by atoms with Crippen molar-refractivity contribution in [1.29, 1.82) is 0 Å². The number of amides is 1. The average molecular weight is 350 g/mol. The Kier molecular flexibility index (Phi) is 8.06. The molecular weight excluding hydrogens is 320 g/mol. The number of aliphatic hydroxyl groups is 1. The van der Waals surface area contributed by atoms with Crippen LogP contribution >= 0.6 is 0 Å². The van der Waals surface area contributed by atoms with Gasteiger partial charge in [-0.05, 0) is 32.8 Å². The number of benzene rings is 1. The van der Waals surface area contributed by atoms with Gasteiger partial charge in [-0.25, -0.2) is 4.79 Å². The molecule has 4 N–H and O–H groups in total. The first kappa shape index (κ1) is 21.1. The second kappa shape index (κ2) is 9.53. The Morgan fingerprint density at radius 2 is 1.84 bits per heavy atom. The van der Waals surface area contributed by atoms with Crippen LogP contribution in [0, 0.1) is 0 Å². The van der Waals surface area contributed by atoms with Gasteiger partial charge in [0.25, 0.3) is 5.91 Å². The molecule has 1 unspecified atom stereocenters. The SMILES string of the molecule is CCC[C@@H](N)C(O)C(=O)N[C@@H](Cc1ccccc1)C(=O)OC(C)(C)C. The van der Waals surface area contributed by atoms with E-state index in [4.69, 9.17) is 10.5 Å². The Morgan fingerprint density at radius 3 is 2.36 bits per heavy atom. The van der Waals surface area contributed by atoms with Crippen molar-refractivity contribution in [3.8, 4) is 0 Å². The van der Waals surface area contributed by atoms with Crippen molar-refractivity contribution in [2.75, 3.05) is 0 Å². The van der Waals surface area contributed by atoms with Crippen molar-refractivity contribution in [1.82, 2.24) is 5.32 Å². The van der Waals surface area contributed by atoms with E-state index >= 15 is 0 Å². The van der Waals surface area contributed by atoms with Gasteiger partial charge in [-0.2, -0.15) is 0 Å². The lowest BCUT2D eigenvalue weighted by atomic mass is 10.0. The molecule has 0 aliphatic rings. The maximum atomic E-state index is 12.5. The summed E-state index contributed by atoms with van der Waals surface area (Å²) in [5.74, 6) is -1.20. The van der Waals surface area contributed by atoms with Crippen LogP contribution in [0.1, 0.15) is 46.1 Å². The zero-order valence-electron chi connectivity index (χ0n) is 15.5. The molecule has 0 aliphatic heterocycles. The smallest absolute Gasteiger partial charge is 0.329 e. The third-order valence-corrected chi connectivity index (χ3v) is 3.59. The van der Waals surface area contributed by atoms with Crippen molar-refractivity contribution in [3.05, 3.63) is 35.9 Å². The standard InChI is InChI=1S/C19H30N2O4/c1-5-9-14(20)16(22)17(23)21-15(18(24)25-19(2,3)4)12-13-10-7-6-8-11-13/h6-8,10-11,14-16,22H,5,9,12,20H2,1-4H3,(H,21,23)/t14-,15+,16?/m1/s1. The molecule has 0 saturated carbocycles. The van der Waals surface area contributed by atoms with Crippen LogP contribution in [0.3, 0.4) is 0 Å². The lowest BCUT2D eigenvalue weighted by Crippen LogP contribution is -2.53. The van der Waals surface area contributed by atoms with Crippen LogP contribution in [0.25, 0.3) is 0 Å². The molecule has 6 nitrogen and oxygen atoms in total. The third-order valence-electron chi connectivity index (χ3n) is 3.59. The molecule has 0 fully saturated rings. The predicted octanol–water partition coefficient (Wildman–Crippen LogP) is 1.54. The molecular formula is C19H30N2O4. The minimum atomic E-state index is -1.36. The molecule has 140 valence electrons. The predicted molar refractivity (Wildman–Crippen MR) is 96.8 cm³/mol. The van der Waals surface area contributed by atoms with Crippen molar-refractivity contribution in [2.24, 2.45) is 5.73 Å². The number of nitrogens with one attached hydrogen (secondary N) is 1. The summed E-state index contributed by atoms with van der Waals surface area (Å²) in [5.41, 5.74) is 6.02. The van der Waals surface area contributed by atoms with Gasteiger partial charge in [-0.1, -0.05) is 43.7 Å². The van der Waals surface area contributed by atoms with Crippen molar-refractivity contribution < 1.29 is 19.4 Å². The fraction of sp³-hybridized carbons (Fsp3) is 0.579. The molecule has 1 aromatic carbocycles. The Labute approximate surface area is 149 Å². The number of hydrogen-bond acceptors (Lipinski definition) is 5. The molecule has 0 saturated heterocycles. The first-order valence-corrected chi connectivity index (χ1v) is 8.65.